The number of hydrogen-bond donors (Lipinski definition) is 0. The number of nitrogens with zero attached hydrogens (tertiary/aromatic N) is 1. The fourth-order valence-corrected chi connectivity index (χ4v) is 1.85. The second kappa shape index (κ2) is 4.22. The maximum Gasteiger partial charge on any atom is 0.0340 e. The Morgan fingerprint density at radius 3 is 2.69 bits per heavy atom. The molecule has 0 bridgehead atoms. The predicted octanol–water partition coefficient (Wildman–Crippen LogP) is 3.43. The molecule has 1 fully saturated rings. The van der Waals surface area contributed by atoms with Crippen molar-refractivity contribution in [2.45, 2.75) is 32.1 Å². The summed E-state index contributed by atoms with van der Waals surface area (Å²) in [6.45, 7) is 0. The molecule has 2 rings (SSSR count). The van der Waals surface area contributed by atoms with Crippen molar-refractivity contribution in [3.05, 3.63) is 35.7 Å². The van der Waals surface area contributed by atoms with E-state index in [9.17, 15) is 0 Å². The molecule has 1 aromatic heterocycles. The summed E-state index contributed by atoms with van der Waals surface area (Å²) in [5.41, 5.74) is 2.85. The van der Waals surface area contributed by atoms with Crippen LogP contribution in [0.25, 0.3) is 6.08 Å². The van der Waals surface area contributed by atoms with Gasteiger partial charge in [0.05, 0.1) is 0 Å². The van der Waals surface area contributed by atoms with E-state index in [4.69, 9.17) is 0 Å². The van der Waals surface area contributed by atoms with Gasteiger partial charge in [0.1, 0.15) is 0 Å². The van der Waals surface area contributed by atoms with Gasteiger partial charge in [0.2, 0.25) is 0 Å². The van der Waals surface area contributed by atoms with Crippen LogP contribution in [0.1, 0.15) is 37.7 Å². The average molecular weight is 173 g/mol. The van der Waals surface area contributed by atoms with Crippen LogP contribution in [0.4, 0.5) is 0 Å². The minimum atomic E-state index is 1.25. The van der Waals surface area contributed by atoms with Crippen LogP contribution in [0.2, 0.25) is 0 Å². The standard InChI is InChI=1S/C12H15N/c1-2-5-11(6-3-1)9-12-7-4-8-13-10-12/h4,7-10H,1-3,5-6H2. The van der Waals surface area contributed by atoms with Crippen molar-refractivity contribution in [2.24, 2.45) is 0 Å². The van der Waals surface area contributed by atoms with Crippen LogP contribution < -0.4 is 0 Å². The third-order valence-electron chi connectivity index (χ3n) is 2.55. The van der Waals surface area contributed by atoms with E-state index in [1.54, 1.807) is 5.57 Å². The van der Waals surface area contributed by atoms with Gasteiger partial charge in [0.25, 0.3) is 0 Å². The Morgan fingerprint density at radius 2 is 2.00 bits per heavy atom. The lowest BCUT2D eigenvalue weighted by Gasteiger charge is -2.13. The molecule has 13 heavy (non-hydrogen) atoms. The van der Waals surface area contributed by atoms with Crippen LogP contribution in [0.5, 0.6) is 0 Å². The molecule has 0 saturated heterocycles. The molecule has 0 aliphatic heterocycles. The van der Waals surface area contributed by atoms with Crippen LogP contribution in [-0.2, 0) is 0 Å². The Labute approximate surface area is 79.5 Å². The Bertz CT molecular complexity index is 279. The summed E-state index contributed by atoms with van der Waals surface area (Å²) in [6, 6.07) is 4.11. The normalized spacial score (nSPS) is 17.1. The molecule has 0 radical (unpaired) electrons. The van der Waals surface area contributed by atoms with Gasteiger partial charge in [0.15, 0.2) is 0 Å². The summed E-state index contributed by atoms with van der Waals surface area (Å²) < 4.78 is 0. The Balaban J connectivity index is 2.10. The third-order valence-corrected chi connectivity index (χ3v) is 2.55. The maximum absolute atomic E-state index is 4.11. The molecule has 1 saturated carbocycles. The van der Waals surface area contributed by atoms with Gasteiger partial charge in [0, 0.05) is 12.4 Å². The molecule has 0 N–H and O–H groups in total. The summed E-state index contributed by atoms with van der Waals surface area (Å²) in [5.74, 6) is 0. The molecule has 1 aromatic rings. The average Bonchev–Trinajstić information content (AvgIpc) is 2.21. The monoisotopic (exact) mass is 173 g/mol. The Kier molecular flexibility index (Phi) is 2.75. The second-order valence-corrected chi connectivity index (χ2v) is 3.65. The smallest absolute Gasteiger partial charge is 0.0340 e. The van der Waals surface area contributed by atoms with Crippen molar-refractivity contribution in [2.75, 3.05) is 0 Å². The van der Waals surface area contributed by atoms with E-state index >= 15 is 0 Å². The van der Waals surface area contributed by atoms with E-state index in [0.29, 0.717) is 0 Å². The minimum absolute atomic E-state index is 1.25. The van der Waals surface area contributed by atoms with E-state index in [-0.39, 0.29) is 0 Å². The van der Waals surface area contributed by atoms with Crippen molar-refractivity contribution in [1.82, 2.24) is 4.98 Å². The molecule has 1 heterocycles. The van der Waals surface area contributed by atoms with Crippen molar-refractivity contribution in [1.29, 1.82) is 0 Å². The van der Waals surface area contributed by atoms with Gasteiger partial charge in [-0.05, 0) is 37.3 Å². The van der Waals surface area contributed by atoms with Crippen molar-refractivity contribution < 1.29 is 0 Å². The van der Waals surface area contributed by atoms with E-state index in [0.717, 1.165) is 0 Å². The molecule has 1 aliphatic carbocycles. The van der Waals surface area contributed by atoms with Gasteiger partial charge >= 0.3 is 0 Å². The molecule has 68 valence electrons. The third kappa shape index (κ3) is 2.41. The highest BCUT2D eigenvalue weighted by molar-refractivity contribution is 5.51. The molecular weight excluding hydrogens is 158 g/mol. The largest absolute Gasteiger partial charge is 0.264 e. The van der Waals surface area contributed by atoms with Crippen LogP contribution in [0.3, 0.4) is 0 Å². The van der Waals surface area contributed by atoms with E-state index in [1.807, 2.05) is 18.5 Å². The first kappa shape index (κ1) is 8.49. The highest BCUT2D eigenvalue weighted by atomic mass is 14.6. The minimum Gasteiger partial charge on any atom is -0.264 e. The van der Waals surface area contributed by atoms with Crippen molar-refractivity contribution >= 4 is 6.08 Å². The lowest BCUT2D eigenvalue weighted by atomic mass is 9.94. The summed E-state index contributed by atoms with van der Waals surface area (Å²) in [7, 11) is 0. The fourth-order valence-electron chi connectivity index (χ4n) is 1.85. The summed E-state index contributed by atoms with van der Waals surface area (Å²) in [6.07, 6.45) is 12.8. The van der Waals surface area contributed by atoms with Gasteiger partial charge in [-0.15, -0.1) is 0 Å². The lowest BCUT2D eigenvalue weighted by molar-refractivity contribution is 0.602. The first-order chi connectivity index (χ1) is 6.45. The molecule has 1 nitrogen and oxygen atoms in total. The summed E-state index contributed by atoms with van der Waals surface area (Å²) >= 11 is 0. The van der Waals surface area contributed by atoms with Crippen molar-refractivity contribution in [3.8, 4) is 0 Å². The van der Waals surface area contributed by atoms with E-state index < -0.39 is 0 Å². The summed E-state index contributed by atoms with van der Waals surface area (Å²) in [4.78, 5) is 4.11. The predicted molar refractivity (Wildman–Crippen MR) is 55.3 cm³/mol. The number of allylic oxidation sites excluding steroid dienone is 1. The van der Waals surface area contributed by atoms with Gasteiger partial charge < -0.3 is 0 Å². The van der Waals surface area contributed by atoms with Gasteiger partial charge in [-0.1, -0.05) is 24.1 Å². The summed E-state index contributed by atoms with van der Waals surface area (Å²) in [5, 5.41) is 0. The molecule has 0 atom stereocenters. The first-order valence-electron chi connectivity index (χ1n) is 5.04. The second-order valence-electron chi connectivity index (χ2n) is 3.65. The Morgan fingerprint density at radius 1 is 1.15 bits per heavy atom. The van der Waals surface area contributed by atoms with E-state index in [1.165, 1.54) is 37.7 Å². The van der Waals surface area contributed by atoms with Crippen molar-refractivity contribution in [3.63, 3.8) is 0 Å². The number of aromatic nitrogens is 1. The van der Waals surface area contributed by atoms with Gasteiger partial charge in [-0.25, -0.2) is 0 Å². The molecule has 0 unspecified atom stereocenters. The highest BCUT2D eigenvalue weighted by Gasteiger charge is 2.04. The van der Waals surface area contributed by atoms with Crippen LogP contribution >= 0.6 is 0 Å². The highest BCUT2D eigenvalue weighted by Crippen LogP contribution is 2.24. The molecule has 1 aliphatic rings. The number of hydrogen-bond acceptors (Lipinski definition) is 1. The fraction of sp³-hybridized carbons (Fsp3) is 0.417. The molecular formula is C12H15N. The Hall–Kier alpha value is -1.11. The topological polar surface area (TPSA) is 12.9 Å². The van der Waals surface area contributed by atoms with E-state index in [2.05, 4.69) is 17.1 Å². The van der Waals surface area contributed by atoms with Gasteiger partial charge in [-0.3, -0.25) is 4.98 Å². The number of pyridine rings is 1. The molecule has 0 spiro atoms. The zero-order valence-corrected chi connectivity index (χ0v) is 7.87. The maximum atomic E-state index is 4.11. The molecule has 0 aromatic carbocycles. The lowest BCUT2D eigenvalue weighted by Crippen LogP contribution is -1.93. The van der Waals surface area contributed by atoms with Crippen LogP contribution in [0, 0.1) is 0 Å². The SMILES string of the molecule is C(=C1CCCCC1)c1cccnc1. The quantitative estimate of drug-likeness (QED) is 0.634. The van der Waals surface area contributed by atoms with Crippen LogP contribution in [-0.4, -0.2) is 4.98 Å². The number of rotatable bonds is 1. The zero-order valence-electron chi connectivity index (χ0n) is 7.87. The zero-order chi connectivity index (χ0) is 8.93. The first-order valence-corrected chi connectivity index (χ1v) is 5.04. The van der Waals surface area contributed by atoms with Gasteiger partial charge in [-0.2, -0.15) is 0 Å². The molecule has 0 amide bonds. The molecule has 1 heteroatoms. The van der Waals surface area contributed by atoms with Crippen LogP contribution in [0.15, 0.2) is 30.1 Å².